The lowest BCUT2D eigenvalue weighted by atomic mass is 10.2. The molecule has 0 saturated carbocycles. The molecule has 0 atom stereocenters. The van der Waals surface area contributed by atoms with Crippen molar-refractivity contribution in [1.82, 2.24) is 15.0 Å². The molecule has 0 radical (unpaired) electrons. The van der Waals surface area contributed by atoms with E-state index in [0.29, 0.717) is 34.2 Å². The molecule has 0 amide bonds. The standard InChI is InChI=1S/C17H15BrFN5/c1-2-20-17-23-15(14-5-3-4-8-21-14)10-16(24-17)22-11-6-7-12(18)13(19)9-11/h3-10H,2H2,1H3,(H2,20,22,23,24). The minimum Gasteiger partial charge on any atom is -0.354 e. The molecule has 122 valence electrons. The highest BCUT2D eigenvalue weighted by molar-refractivity contribution is 9.10. The molecule has 5 nitrogen and oxygen atoms in total. The molecule has 2 aromatic heterocycles. The summed E-state index contributed by atoms with van der Waals surface area (Å²) in [7, 11) is 0. The fourth-order valence-corrected chi connectivity index (χ4v) is 2.36. The van der Waals surface area contributed by atoms with Crippen molar-refractivity contribution in [2.45, 2.75) is 6.92 Å². The van der Waals surface area contributed by atoms with Crippen LogP contribution in [0.5, 0.6) is 0 Å². The number of benzene rings is 1. The summed E-state index contributed by atoms with van der Waals surface area (Å²) in [5.41, 5.74) is 2.02. The second-order valence-electron chi connectivity index (χ2n) is 4.96. The van der Waals surface area contributed by atoms with Gasteiger partial charge in [0.15, 0.2) is 0 Å². The molecule has 1 aromatic carbocycles. The van der Waals surface area contributed by atoms with E-state index in [1.54, 1.807) is 24.4 Å². The van der Waals surface area contributed by atoms with Gasteiger partial charge in [0.25, 0.3) is 0 Å². The number of nitrogens with one attached hydrogen (secondary N) is 2. The van der Waals surface area contributed by atoms with Gasteiger partial charge in [-0.15, -0.1) is 0 Å². The van der Waals surface area contributed by atoms with Crippen molar-refractivity contribution >= 4 is 33.4 Å². The Hall–Kier alpha value is -2.54. The van der Waals surface area contributed by atoms with Gasteiger partial charge in [0, 0.05) is 24.5 Å². The molecule has 3 rings (SSSR count). The predicted octanol–water partition coefficient (Wildman–Crippen LogP) is 4.62. The van der Waals surface area contributed by atoms with E-state index in [1.807, 2.05) is 25.1 Å². The van der Waals surface area contributed by atoms with E-state index in [0.717, 1.165) is 5.69 Å². The quantitative estimate of drug-likeness (QED) is 0.668. The van der Waals surface area contributed by atoms with Crippen LogP contribution in [0.2, 0.25) is 0 Å². The number of anilines is 3. The number of hydrogen-bond acceptors (Lipinski definition) is 5. The van der Waals surface area contributed by atoms with Crippen molar-refractivity contribution in [2.75, 3.05) is 17.2 Å². The first-order valence-electron chi connectivity index (χ1n) is 7.42. The average Bonchev–Trinajstić information content (AvgIpc) is 2.59. The van der Waals surface area contributed by atoms with E-state index in [2.05, 4.69) is 41.5 Å². The van der Waals surface area contributed by atoms with Crippen LogP contribution in [-0.2, 0) is 0 Å². The van der Waals surface area contributed by atoms with Crippen LogP contribution >= 0.6 is 15.9 Å². The van der Waals surface area contributed by atoms with E-state index in [4.69, 9.17) is 0 Å². The number of pyridine rings is 1. The van der Waals surface area contributed by atoms with E-state index >= 15 is 0 Å². The topological polar surface area (TPSA) is 62.7 Å². The van der Waals surface area contributed by atoms with E-state index in [-0.39, 0.29) is 5.82 Å². The first-order valence-corrected chi connectivity index (χ1v) is 8.21. The number of hydrogen-bond donors (Lipinski definition) is 2. The molecule has 7 heteroatoms. The van der Waals surface area contributed by atoms with Crippen LogP contribution in [0, 0.1) is 5.82 Å². The fourth-order valence-electron chi connectivity index (χ4n) is 2.12. The summed E-state index contributed by atoms with van der Waals surface area (Å²) >= 11 is 3.14. The van der Waals surface area contributed by atoms with Crippen LogP contribution in [0.3, 0.4) is 0 Å². The maximum Gasteiger partial charge on any atom is 0.225 e. The molecular formula is C17H15BrFN5. The summed E-state index contributed by atoms with van der Waals surface area (Å²) in [5.74, 6) is 0.704. The van der Waals surface area contributed by atoms with Gasteiger partial charge in [0.05, 0.1) is 15.9 Å². The van der Waals surface area contributed by atoms with E-state index in [9.17, 15) is 4.39 Å². The molecule has 0 aliphatic carbocycles. The van der Waals surface area contributed by atoms with Gasteiger partial charge in [-0.1, -0.05) is 6.07 Å². The second kappa shape index (κ2) is 7.35. The second-order valence-corrected chi connectivity index (χ2v) is 5.82. The van der Waals surface area contributed by atoms with Crippen LogP contribution in [0.1, 0.15) is 6.92 Å². The van der Waals surface area contributed by atoms with Crippen molar-refractivity contribution in [3.8, 4) is 11.4 Å². The molecule has 0 aliphatic rings. The van der Waals surface area contributed by atoms with Crippen molar-refractivity contribution < 1.29 is 4.39 Å². The zero-order valence-corrected chi connectivity index (χ0v) is 14.5. The SMILES string of the molecule is CCNc1nc(Nc2ccc(Br)c(F)c2)cc(-c2ccccn2)n1. The number of nitrogens with zero attached hydrogens (tertiary/aromatic N) is 3. The van der Waals surface area contributed by atoms with Crippen molar-refractivity contribution in [2.24, 2.45) is 0 Å². The summed E-state index contributed by atoms with van der Waals surface area (Å²) in [4.78, 5) is 13.2. The lowest BCUT2D eigenvalue weighted by Gasteiger charge is -2.11. The molecule has 0 saturated heterocycles. The van der Waals surface area contributed by atoms with Crippen LogP contribution in [0.25, 0.3) is 11.4 Å². The summed E-state index contributed by atoms with van der Waals surface area (Å²) in [6.45, 7) is 2.66. The molecule has 0 bridgehead atoms. The van der Waals surface area contributed by atoms with Gasteiger partial charge in [0.1, 0.15) is 11.6 Å². The van der Waals surface area contributed by atoms with Gasteiger partial charge in [-0.2, -0.15) is 4.98 Å². The first-order chi connectivity index (χ1) is 11.7. The minimum absolute atomic E-state index is 0.342. The van der Waals surface area contributed by atoms with Crippen LogP contribution in [0.15, 0.2) is 53.1 Å². The Morgan fingerprint density at radius 1 is 1.08 bits per heavy atom. The molecule has 2 heterocycles. The maximum atomic E-state index is 13.7. The zero-order valence-electron chi connectivity index (χ0n) is 12.9. The van der Waals surface area contributed by atoms with E-state index in [1.165, 1.54) is 6.07 Å². The summed E-state index contributed by atoms with van der Waals surface area (Å²) in [6, 6.07) is 12.2. The van der Waals surface area contributed by atoms with Crippen molar-refractivity contribution in [3.05, 3.63) is 59.0 Å². The lowest BCUT2D eigenvalue weighted by molar-refractivity contribution is 0.622. The number of aromatic nitrogens is 3. The third kappa shape index (κ3) is 3.86. The van der Waals surface area contributed by atoms with Gasteiger partial charge in [-0.05, 0) is 53.2 Å². The van der Waals surface area contributed by atoms with Gasteiger partial charge in [-0.3, -0.25) is 4.98 Å². The predicted molar refractivity (Wildman–Crippen MR) is 96.8 cm³/mol. The lowest BCUT2D eigenvalue weighted by Crippen LogP contribution is -2.05. The highest BCUT2D eigenvalue weighted by Crippen LogP contribution is 2.24. The fraction of sp³-hybridized carbons (Fsp3) is 0.118. The molecule has 2 N–H and O–H groups in total. The van der Waals surface area contributed by atoms with Gasteiger partial charge in [-0.25, -0.2) is 9.37 Å². The molecule has 0 aliphatic heterocycles. The average molecular weight is 388 g/mol. The summed E-state index contributed by atoms with van der Waals surface area (Å²) in [6.07, 6.45) is 1.71. The zero-order chi connectivity index (χ0) is 16.9. The van der Waals surface area contributed by atoms with Gasteiger partial charge in [0.2, 0.25) is 5.95 Å². The van der Waals surface area contributed by atoms with E-state index < -0.39 is 0 Å². The maximum absolute atomic E-state index is 13.7. The molecular weight excluding hydrogens is 373 g/mol. The van der Waals surface area contributed by atoms with Crippen LogP contribution < -0.4 is 10.6 Å². The smallest absolute Gasteiger partial charge is 0.225 e. The molecule has 3 aromatic rings. The summed E-state index contributed by atoms with van der Waals surface area (Å²) in [5, 5.41) is 6.19. The Kier molecular flexibility index (Phi) is 5.00. The highest BCUT2D eigenvalue weighted by atomic mass is 79.9. The van der Waals surface area contributed by atoms with Crippen molar-refractivity contribution in [3.63, 3.8) is 0 Å². The van der Waals surface area contributed by atoms with Crippen LogP contribution in [0.4, 0.5) is 21.8 Å². The Balaban J connectivity index is 1.97. The Morgan fingerprint density at radius 3 is 2.67 bits per heavy atom. The number of halogens is 2. The Bertz CT molecular complexity index is 842. The minimum atomic E-state index is -0.342. The van der Waals surface area contributed by atoms with Gasteiger partial charge >= 0.3 is 0 Å². The van der Waals surface area contributed by atoms with Crippen LogP contribution in [-0.4, -0.2) is 21.5 Å². The molecule has 24 heavy (non-hydrogen) atoms. The van der Waals surface area contributed by atoms with Gasteiger partial charge < -0.3 is 10.6 Å². The summed E-state index contributed by atoms with van der Waals surface area (Å²) < 4.78 is 14.1. The third-order valence-corrected chi connectivity index (χ3v) is 3.82. The highest BCUT2D eigenvalue weighted by Gasteiger charge is 2.08. The Labute approximate surface area is 147 Å². The normalized spacial score (nSPS) is 10.5. The molecule has 0 fully saturated rings. The monoisotopic (exact) mass is 387 g/mol. The molecule has 0 spiro atoms. The Morgan fingerprint density at radius 2 is 1.96 bits per heavy atom. The third-order valence-electron chi connectivity index (χ3n) is 3.18. The number of rotatable bonds is 5. The largest absolute Gasteiger partial charge is 0.354 e. The van der Waals surface area contributed by atoms with Crippen molar-refractivity contribution in [1.29, 1.82) is 0 Å². The first kappa shape index (κ1) is 16.3. The molecule has 0 unspecified atom stereocenters.